The van der Waals surface area contributed by atoms with Gasteiger partial charge in [-0.05, 0) is 48.0 Å². The van der Waals surface area contributed by atoms with Gasteiger partial charge in [-0.1, -0.05) is 35.1 Å². The third-order valence-electron chi connectivity index (χ3n) is 5.71. The van der Waals surface area contributed by atoms with E-state index in [-0.39, 0.29) is 5.91 Å². The van der Waals surface area contributed by atoms with Gasteiger partial charge in [-0.3, -0.25) is 4.79 Å². The minimum absolute atomic E-state index is 0.0202. The lowest BCUT2D eigenvalue weighted by molar-refractivity contribution is 0.0746. The Morgan fingerprint density at radius 1 is 1.06 bits per heavy atom. The maximum atomic E-state index is 13.2. The van der Waals surface area contributed by atoms with Crippen LogP contribution in [0.25, 0.3) is 10.3 Å². The Morgan fingerprint density at radius 2 is 1.85 bits per heavy atom. The van der Waals surface area contributed by atoms with Crippen LogP contribution in [0.5, 0.6) is 11.5 Å². The molecule has 34 heavy (non-hydrogen) atoms. The average Bonchev–Trinajstić information content (AvgIpc) is 3.32. The SMILES string of the molecule is COc1cc(C(=O)N2CCN(c3nc4cccnc4s3)CC2)ccc1OCc1ccc(Cl)cc1. The molecule has 0 atom stereocenters. The van der Waals surface area contributed by atoms with Crippen LogP contribution < -0.4 is 14.4 Å². The van der Waals surface area contributed by atoms with E-state index in [1.807, 2.05) is 41.3 Å². The van der Waals surface area contributed by atoms with Gasteiger partial charge in [0, 0.05) is 43.0 Å². The van der Waals surface area contributed by atoms with Crippen molar-refractivity contribution in [2.75, 3.05) is 38.2 Å². The smallest absolute Gasteiger partial charge is 0.254 e. The number of nitrogens with zero attached hydrogens (tertiary/aromatic N) is 4. The van der Waals surface area contributed by atoms with Crippen molar-refractivity contribution < 1.29 is 14.3 Å². The lowest BCUT2D eigenvalue weighted by Gasteiger charge is -2.34. The summed E-state index contributed by atoms with van der Waals surface area (Å²) in [6.07, 6.45) is 1.78. The zero-order valence-electron chi connectivity index (χ0n) is 18.6. The summed E-state index contributed by atoms with van der Waals surface area (Å²) >= 11 is 7.52. The third-order valence-corrected chi connectivity index (χ3v) is 7.00. The number of hydrogen-bond donors (Lipinski definition) is 0. The minimum Gasteiger partial charge on any atom is -0.493 e. The molecular weight excluding hydrogens is 472 g/mol. The van der Waals surface area contributed by atoms with Crippen LogP contribution in [-0.2, 0) is 6.61 Å². The molecule has 174 valence electrons. The molecule has 1 aliphatic rings. The third kappa shape index (κ3) is 4.78. The molecule has 0 aliphatic carbocycles. The lowest BCUT2D eigenvalue weighted by Crippen LogP contribution is -2.48. The summed E-state index contributed by atoms with van der Waals surface area (Å²) in [4.78, 5) is 27.2. The van der Waals surface area contributed by atoms with Crippen molar-refractivity contribution in [1.82, 2.24) is 14.9 Å². The number of piperazine rings is 1. The van der Waals surface area contributed by atoms with Crippen LogP contribution in [0, 0.1) is 0 Å². The van der Waals surface area contributed by atoms with Crippen molar-refractivity contribution in [3.63, 3.8) is 0 Å². The first kappa shape index (κ1) is 22.4. The fourth-order valence-corrected chi connectivity index (χ4v) is 4.93. The van der Waals surface area contributed by atoms with E-state index >= 15 is 0 Å². The number of thiazole rings is 1. The molecule has 0 saturated carbocycles. The molecule has 2 aromatic carbocycles. The molecule has 1 fully saturated rings. The van der Waals surface area contributed by atoms with Crippen LogP contribution in [0.1, 0.15) is 15.9 Å². The van der Waals surface area contributed by atoms with E-state index in [9.17, 15) is 4.79 Å². The number of aromatic nitrogens is 2. The van der Waals surface area contributed by atoms with Crippen molar-refractivity contribution in [3.05, 3.63) is 76.9 Å². The summed E-state index contributed by atoms with van der Waals surface area (Å²) in [5.74, 6) is 1.09. The van der Waals surface area contributed by atoms with Gasteiger partial charge in [0.1, 0.15) is 17.0 Å². The first-order valence-electron chi connectivity index (χ1n) is 10.9. The van der Waals surface area contributed by atoms with Gasteiger partial charge in [-0.2, -0.15) is 0 Å². The number of amides is 1. The van der Waals surface area contributed by atoms with Gasteiger partial charge in [-0.25, -0.2) is 9.97 Å². The topological polar surface area (TPSA) is 67.8 Å². The van der Waals surface area contributed by atoms with Crippen LogP contribution in [0.2, 0.25) is 5.02 Å². The molecule has 0 radical (unpaired) electrons. The fourth-order valence-electron chi connectivity index (χ4n) is 3.84. The summed E-state index contributed by atoms with van der Waals surface area (Å²) < 4.78 is 11.4. The van der Waals surface area contributed by atoms with Crippen molar-refractivity contribution in [2.45, 2.75) is 6.61 Å². The molecule has 1 aliphatic heterocycles. The van der Waals surface area contributed by atoms with E-state index in [0.29, 0.717) is 41.8 Å². The molecular formula is C25H23ClN4O3S. The zero-order valence-corrected chi connectivity index (χ0v) is 20.2. The summed E-state index contributed by atoms with van der Waals surface area (Å²) in [6.45, 7) is 3.08. The number of ether oxygens (including phenoxy) is 2. The van der Waals surface area contributed by atoms with Gasteiger partial charge in [0.05, 0.1) is 7.11 Å². The van der Waals surface area contributed by atoms with Crippen molar-refractivity contribution in [3.8, 4) is 11.5 Å². The number of carbonyl (C=O) groups excluding carboxylic acids is 1. The number of rotatable bonds is 6. The zero-order chi connectivity index (χ0) is 23.5. The van der Waals surface area contributed by atoms with Crippen molar-refractivity contribution in [2.24, 2.45) is 0 Å². The number of halogens is 1. The Bertz CT molecular complexity index is 1270. The van der Waals surface area contributed by atoms with Crippen LogP contribution in [0.4, 0.5) is 5.13 Å². The monoisotopic (exact) mass is 494 g/mol. The van der Waals surface area contributed by atoms with Gasteiger partial charge in [-0.15, -0.1) is 0 Å². The Labute approximate surface area is 206 Å². The molecule has 1 saturated heterocycles. The van der Waals surface area contributed by atoms with Gasteiger partial charge in [0.15, 0.2) is 16.6 Å². The van der Waals surface area contributed by atoms with E-state index in [2.05, 4.69) is 14.9 Å². The van der Waals surface area contributed by atoms with Gasteiger partial charge in [0.25, 0.3) is 5.91 Å². The number of hydrogen-bond acceptors (Lipinski definition) is 7. The van der Waals surface area contributed by atoms with Gasteiger partial charge >= 0.3 is 0 Å². The quantitative estimate of drug-likeness (QED) is 0.380. The second-order valence-corrected chi connectivity index (χ2v) is 9.28. The van der Waals surface area contributed by atoms with Crippen molar-refractivity contribution in [1.29, 1.82) is 0 Å². The molecule has 1 amide bonds. The first-order valence-corrected chi connectivity index (χ1v) is 12.1. The molecule has 7 nitrogen and oxygen atoms in total. The predicted octanol–water partition coefficient (Wildman–Crippen LogP) is 4.89. The van der Waals surface area contributed by atoms with Gasteiger partial charge in [0.2, 0.25) is 0 Å². The number of carbonyl (C=O) groups is 1. The molecule has 4 aromatic rings. The molecule has 0 unspecified atom stereocenters. The predicted molar refractivity (Wildman–Crippen MR) is 134 cm³/mol. The van der Waals surface area contributed by atoms with E-state index < -0.39 is 0 Å². The van der Waals surface area contributed by atoms with Crippen LogP contribution in [0.15, 0.2) is 60.8 Å². The highest BCUT2D eigenvalue weighted by Gasteiger charge is 2.25. The highest BCUT2D eigenvalue weighted by atomic mass is 35.5. The van der Waals surface area contributed by atoms with Crippen molar-refractivity contribution >= 4 is 44.3 Å². The summed E-state index contributed by atoms with van der Waals surface area (Å²) in [7, 11) is 1.57. The normalized spacial score (nSPS) is 13.8. The molecule has 3 heterocycles. The van der Waals surface area contributed by atoms with Gasteiger partial charge < -0.3 is 19.3 Å². The number of methoxy groups -OCH3 is 1. The summed E-state index contributed by atoms with van der Waals surface area (Å²) in [5, 5.41) is 1.63. The number of benzene rings is 2. The Kier molecular flexibility index (Phi) is 6.51. The van der Waals surface area contributed by atoms with Crippen LogP contribution in [0.3, 0.4) is 0 Å². The Balaban J connectivity index is 1.22. The maximum Gasteiger partial charge on any atom is 0.254 e. The van der Waals surface area contributed by atoms with E-state index in [1.165, 1.54) is 0 Å². The number of pyridine rings is 1. The van der Waals surface area contributed by atoms with E-state index in [1.54, 1.807) is 42.8 Å². The number of anilines is 1. The van der Waals surface area contributed by atoms with E-state index in [0.717, 1.165) is 34.1 Å². The second-order valence-electron chi connectivity index (χ2n) is 7.88. The van der Waals surface area contributed by atoms with E-state index in [4.69, 9.17) is 21.1 Å². The molecule has 0 spiro atoms. The highest BCUT2D eigenvalue weighted by Crippen LogP contribution is 2.31. The standard InChI is InChI=1S/C25H23ClN4O3S/c1-32-22-15-18(6-9-21(22)33-16-17-4-7-19(26)8-5-17)24(31)29-11-13-30(14-12-29)25-28-20-3-2-10-27-23(20)34-25/h2-10,15H,11-14,16H2,1H3. The molecule has 2 aromatic heterocycles. The first-order chi connectivity index (χ1) is 16.6. The van der Waals surface area contributed by atoms with Crippen LogP contribution >= 0.6 is 22.9 Å². The summed E-state index contributed by atoms with van der Waals surface area (Å²) in [5.41, 5.74) is 2.48. The Hall–Kier alpha value is -3.36. The largest absolute Gasteiger partial charge is 0.493 e. The molecule has 0 bridgehead atoms. The molecule has 5 rings (SSSR count). The minimum atomic E-state index is -0.0202. The highest BCUT2D eigenvalue weighted by molar-refractivity contribution is 7.21. The molecule has 9 heteroatoms. The maximum absolute atomic E-state index is 13.2. The lowest BCUT2D eigenvalue weighted by atomic mass is 10.1. The Morgan fingerprint density at radius 3 is 2.59 bits per heavy atom. The average molecular weight is 495 g/mol. The second kappa shape index (κ2) is 9.87. The summed E-state index contributed by atoms with van der Waals surface area (Å²) in [6, 6.07) is 16.7. The van der Waals surface area contributed by atoms with Crippen LogP contribution in [-0.4, -0.2) is 54.1 Å². The molecule has 0 N–H and O–H groups in total. The fraction of sp³-hybridized carbons (Fsp3) is 0.240. The number of fused-ring (bicyclic) bond motifs is 1.